The Morgan fingerprint density at radius 1 is 0.897 bits per heavy atom. The Morgan fingerprint density at radius 2 is 1.55 bits per heavy atom. The highest BCUT2D eigenvalue weighted by molar-refractivity contribution is 6.03. The zero-order valence-corrected chi connectivity index (χ0v) is 16.1. The molecule has 1 amide bonds. The first-order valence-electron chi connectivity index (χ1n) is 9.04. The molecular formula is C22H21N3O4. The number of benzene rings is 2. The third kappa shape index (κ3) is 5.32. The van der Waals surface area contributed by atoms with Gasteiger partial charge in [-0.15, -0.1) is 0 Å². The molecule has 148 valence electrons. The maximum Gasteiger partial charge on any atom is 0.338 e. The molecule has 0 radical (unpaired) electrons. The van der Waals surface area contributed by atoms with Crippen LogP contribution in [-0.4, -0.2) is 30.6 Å². The third-order valence-corrected chi connectivity index (χ3v) is 4.04. The molecule has 0 aliphatic rings. The molecule has 29 heavy (non-hydrogen) atoms. The molecule has 7 heteroatoms. The lowest BCUT2D eigenvalue weighted by molar-refractivity contribution is 0.0526. The van der Waals surface area contributed by atoms with E-state index in [1.54, 1.807) is 80.9 Å². The molecule has 0 saturated carbocycles. The lowest BCUT2D eigenvalue weighted by Crippen LogP contribution is -2.12. The molecular weight excluding hydrogens is 370 g/mol. The summed E-state index contributed by atoms with van der Waals surface area (Å²) < 4.78 is 10.0. The Balaban J connectivity index is 1.59. The van der Waals surface area contributed by atoms with Crippen molar-refractivity contribution in [3.63, 3.8) is 0 Å². The van der Waals surface area contributed by atoms with E-state index < -0.39 is 0 Å². The molecule has 0 fully saturated rings. The van der Waals surface area contributed by atoms with E-state index in [1.165, 1.54) is 0 Å². The van der Waals surface area contributed by atoms with Crippen molar-refractivity contribution in [2.45, 2.75) is 6.92 Å². The second kappa shape index (κ2) is 9.36. The van der Waals surface area contributed by atoms with Gasteiger partial charge in [-0.1, -0.05) is 0 Å². The van der Waals surface area contributed by atoms with Crippen LogP contribution in [0.15, 0.2) is 66.9 Å². The summed E-state index contributed by atoms with van der Waals surface area (Å²) in [5.74, 6) is 0.521. The zero-order valence-electron chi connectivity index (χ0n) is 16.1. The van der Waals surface area contributed by atoms with E-state index in [1.807, 2.05) is 0 Å². The molecule has 1 aromatic heterocycles. The number of pyridine rings is 1. The fraction of sp³-hybridized carbons (Fsp3) is 0.136. The van der Waals surface area contributed by atoms with Crippen molar-refractivity contribution in [3.05, 3.63) is 78.0 Å². The molecule has 2 N–H and O–H groups in total. The molecule has 0 spiro atoms. The van der Waals surface area contributed by atoms with Crippen LogP contribution >= 0.6 is 0 Å². The average molecular weight is 391 g/mol. The molecule has 0 aliphatic heterocycles. The van der Waals surface area contributed by atoms with Crippen LogP contribution in [-0.2, 0) is 4.74 Å². The van der Waals surface area contributed by atoms with Gasteiger partial charge in [-0.25, -0.2) is 9.78 Å². The Bertz CT molecular complexity index is 968. The van der Waals surface area contributed by atoms with Gasteiger partial charge in [0, 0.05) is 11.3 Å². The lowest BCUT2D eigenvalue weighted by Gasteiger charge is -2.09. The summed E-state index contributed by atoms with van der Waals surface area (Å²) in [5.41, 5.74) is 2.55. The molecule has 0 aliphatic carbocycles. The molecule has 2 aromatic carbocycles. The van der Waals surface area contributed by atoms with Gasteiger partial charge in [0.1, 0.15) is 11.6 Å². The number of anilines is 3. The Morgan fingerprint density at radius 3 is 2.14 bits per heavy atom. The van der Waals surface area contributed by atoms with Gasteiger partial charge in [0.05, 0.1) is 31.2 Å². The van der Waals surface area contributed by atoms with Gasteiger partial charge in [-0.3, -0.25) is 4.79 Å². The number of carbonyl (C=O) groups excluding carboxylic acids is 2. The van der Waals surface area contributed by atoms with E-state index in [0.29, 0.717) is 29.3 Å². The highest BCUT2D eigenvalue weighted by atomic mass is 16.5. The number of carbonyl (C=O) groups is 2. The van der Waals surface area contributed by atoms with Crippen molar-refractivity contribution in [1.29, 1.82) is 0 Å². The summed E-state index contributed by atoms with van der Waals surface area (Å²) in [6.45, 7) is 2.11. The largest absolute Gasteiger partial charge is 0.497 e. The Labute approximate surface area is 168 Å². The smallest absolute Gasteiger partial charge is 0.338 e. The first-order valence-corrected chi connectivity index (χ1v) is 9.04. The van der Waals surface area contributed by atoms with E-state index in [-0.39, 0.29) is 11.9 Å². The minimum Gasteiger partial charge on any atom is -0.497 e. The number of ether oxygens (including phenoxy) is 2. The van der Waals surface area contributed by atoms with Crippen LogP contribution in [0.1, 0.15) is 27.6 Å². The van der Waals surface area contributed by atoms with Gasteiger partial charge in [-0.05, 0) is 67.6 Å². The number of nitrogens with one attached hydrogen (secondary N) is 2. The number of methoxy groups -OCH3 is 1. The predicted molar refractivity (Wildman–Crippen MR) is 111 cm³/mol. The van der Waals surface area contributed by atoms with Gasteiger partial charge in [0.2, 0.25) is 0 Å². The molecule has 3 rings (SSSR count). The van der Waals surface area contributed by atoms with Crippen molar-refractivity contribution >= 4 is 29.1 Å². The van der Waals surface area contributed by atoms with Crippen molar-refractivity contribution in [1.82, 2.24) is 4.98 Å². The van der Waals surface area contributed by atoms with Crippen LogP contribution in [0.2, 0.25) is 0 Å². The SMILES string of the molecule is CCOC(=O)c1ccc(Nc2ccc(NC(=O)c3ccc(OC)cc3)nc2)cc1. The number of amides is 1. The van der Waals surface area contributed by atoms with Crippen LogP contribution in [0, 0.1) is 0 Å². The average Bonchev–Trinajstić information content (AvgIpc) is 2.76. The molecule has 3 aromatic rings. The van der Waals surface area contributed by atoms with Crippen LogP contribution in [0.4, 0.5) is 17.2 Å². The number of rotatable bonds is 7. The number of nitrogens with zero attached hydrogens (tertiary/aromatic N) is 1. The lowest BCUT2D eigenvalue weighted by atomic mass is 10.2. The van der Waals surface area contributed by atoms with Crippen LogP contribution in [0.5, 0.6) is 5.75 Å². The van der Waals surface area contributed by atoms with Crippen molar-refractivity contribution < 1.29 is 19.1 Å². The van der Waals surface area contributed by atoms with Gasteiger partial charge >= 0.3 is 5.97 Å². The number of hydrogen-bond donors (Lipinski definition) is 2. The zero-order chi connectivity index (χ0) is 20.6. The quantitative estimate of drug-likeness (QED) is 0.585. The highest BCUT2D eigenvalue weighted by Gasteiger charge is 2.08. The molecule has 0 atom stereocenters. The van der Waals surface area contributed by atoms with Gasteiger partial charge in [0.25, 0.3) is 5.91 Å². The van der Waals surface area contributed by atoms with E-state index in [2.05, 4.69) is 15.6 Å². The summed E-state index contributed by atoms with van der Waals surface area (Å²) in [4.78, 5) is 28.2. The fourth-order valence-electron chi connectivity index (χ4n) is 2.54. The molecule has 0 saturated heterocycles. The van der Waals surface area contributed by atoms with Gasteiger partial charge in [0.15, 0.2) is 0 Å². The molecule has 0 unspecified atom stereocenters. The predicted octanol–water partition coefficient (Wildman–Crippen LogP) is 4.26. The summed E-state index contributed by atoms with van der Waals surface area (Å²) >= 11 is 0. The monoisotopic (exact) mass is 391 g/mol. The molecule has 0 bridgehead atoms. The summed E-state index contributed by atoms with van der Waals surface area (Å²) in [6, 6.07) is 17.3. The van der Waals surface area contributed by atoms with Crippen molar-refractivity contribution in [2.75, 3.05) is 24.4 Å². The van der Waals surface area contributed by atoms with Crippen LogP contribution in [0.3, 0.4) is 0 Å². The normalized spacial score (nSPS) is 10.1. The van der Waals surface area contributed by atoms with Gasteiger partial charge < -0.3 is 20.1 Å². The van der Waals surface area contributed by atoms with E-state index in [0.717, 1.165) is 11.4 Å². The first-order chi connectivity index (χ1) is 14.1. The summed E-state index contributed by atoms with van der Waals surface area (Å²) in [5, 5.41) is 5.93. The Hall–Kier alpha value is -3.87. The van der Waals surface area contributed by atoms with Gasteiger partial charge in [-0.2, -0.15) is 0 Å². The van der Waals surface area contributed by atoms with Crippen molar-refractivity contribution in [2.24, 2.45) is 0 Å². The van der Waals surface area contributed by atoms with E-state index in [4.69, 9.17) is 9.47 Å². The minimum absolute atomic E-state index is 0.254. The second-order valence-electron chi connectivity index (χ2n) is 6.04. The third-order valence-electron chi connectivity index (χ3n) is 4.04. The summed E-state index contributed by atoms with van der Waals surface area (Å²) in [7, 11) is 1.57. The maximum atomic E-state index is 12.3. The molecule has 7 nitrogen and oxygen atoms in total. The standard InChI is InChI=1S/C22H21N3O4/c1-3-29-22(27)16-4-8-17(9-5-16)24-18-10-13-20(23-14-18)25-21(26)15-6-11-19(28-2)12-7-15/h4-14,24H,3H2,1-2H3,(H,23,25,26). The van der Waals surface area contributed by atoms with E-state index in [9.17, 15) is 9.59 Å². The fourth-order valence-corrected chi connectivity index (χ4v) is 2.54. The highest BCUT2D eigenvalue weighted by Crippen LogP contribution is 2.19. The molecule has 1 heterocycles. The number of hydrogen-bond acceptors (Lipinski definition) is 6. The van der Waals surface area contributed by atoms with Crippen LogP contribution < -0.4 is 15.4 Å². The minimum atomic E-state index is -0.349. The van der Waals surface area contributed by atoms with Crippen molar-refractivity contribution in [3.8, 4) is 5.75 Å². The maximum absolute atomic E-state index is 12.3. The number of aromatic nitrogens is 1. The number of esters is 1. The second-order valence-corrected chi connectivity index (χ2v) is 6.04. The summed E-state index contributed by atoms with van der Waals surface area (Å²) in [6.07, 6.45) is 1.61. The topological polar surface area (TPSA) is 89.6 Å². The Kier molecular flexibility index (Phi) is 6.42. The van der Waals surface area contributed by atoms with Crippen LogP contribution in [0.25, 0.3) is 0 Å². The first kappa shape index (κ1) is 19.9. The van der Waals surface area contributed by atoms with E-state index >= 15 is 0 Å².